The lowest BCUT2D eigenvalue weighted by Gasteiger charge is -2.23. The monoisotopic (exact) mass is 460 g/mol. The third-order valence-corrected chi connectivity index (χ3v) is 7.00. The molecule has 0 unspecified atom stereocenters. The largest absolute Gasteiger partial charge is 0.416 e. The second-order valence-electron chi connectivity index (χ2n) is 8.46. The van der Waals surface area contributed by atoms with Gasteiger partial charge in [-0.05, 0) is 49.1 Å². The summed E-state index contributed by atoms with van der Waals surface area (Å²) < 4.78 is 38.6. The highest BCUT2D eigenvalue weighted by molar-refractivity contribution is 7.99. The summed E-state index contributed by atoms with van der Waals surface area (Å²) in [5.41, 5.74) is 1.97. The topological polar surface area (TPSA) is 61.0 Å². The smallest absolute Gasteiger partial charge is 0.352 e. The average molecular weight is 461 g/mol. The van der Waals surface area contributed by atoms with Gasteiger partial charge >= 0.3 is 6.18 Å². The summed E-state index contributed by atoms with van der Waals surface area (Å²) in [5, 5.41) is 4.05. The maximum atomic E-state index is 12.9. The number of hydrogen-bond acceptors (Lipinski definition) is 4. The molecule has 5 rings (SSSR count). The fourth-order valence-electron chi connectivity index (χ4n) is 4.10. The number of H-pyrrole nitrogens is 1. The average Bonchev–Trinajstić information content (AvgIpc) is 3.33. The summed E-state index contributed by atoms with van der Waals surface area (Å²) in [6, 6.07) is 13.0. The van der Waals surface area contributed by atoms with Crippen LogP contribution in [-0.4, -0.2) is 44.7 Å². The van der Waals surface area contributed by atoms with Crippen molar-refractivity contribution in [1.29, 1.82) is 0 Å². The number of fused-ring (bicyclic) bond motifs is 1. The van der Waals surface area contributed by atoms with Gasteiger partial charge in [0.1, 0.15) is 0 Å². The van der Waals surface area contributed by atoms with Gasteiger partial charge in [-0.25, -0.2) is 4.98 Å². The van der Waals surface area contributed by atoms with E-state index in [0.717, 1.165) is 46.7 Å². The van der Waals surface area contributed by atoms with Crippen LogP contribution < -0.4 is 5.32 Å². The van der Waals surface area contributed by atoms with Crippen molar-refractivity contribution < 1.29 is 18.0 Å². The third-order valence-electron chi connectivity index (χ3n) is 5.90. The molecular formula is C23H23F3N4OS. The molecule has 0 bridgehead atoms. The maximum absolute atomic E-state index is 12.9. The van der Waals surface area contributed by atoms with E-state index in [9.17, 15) is 18.0 Å². The van der Waals surface area contributed by atoms with Gasteiger partial charge in [0.05, 0.1) is 22.6 Å². The van der Waals surface area contributed by atoms with Crippen molar-refractivity contribution in [3.8, 4) is 0 Å². The van der Waals surface area contributed by atoms with Gasteiger partial charge in [-0.3, -0.25) is 9.69 Å². The van der Waals surface area contributed by atoms with Crippen LogP contribution in [0, 0.1) is 0 Å². The van der Waals surface area contributed by atoms with Crippen LogP contribution >= 0.6 is 11.8 Å². The Balaban J connectivity index is 1.31. The Kier molecular flexibility index (Phi) is 5.63. The molecule has 1 amide bonds. The first-order valence-electron chi connectivity index (χ1n) is 10.7. The van der Waals surface area contributed by atoms with Crippen molar-refractivity contribution >= 4 is 28.7 Å². The molecule has 2 heterocycles. The number of nitrogens with zero attached hydrogens (tertiary/aromatic N) is 2. The zero-order valence-corrected chi connectivity index (χ0v) is 18.0. The second kappa shape index (κ2) is 8.44. The van der Waals surface area contributed by atoms with Crippen LogP contribution in [0.15, 0.2) is 53.7 Å². The van der Waals surface area contributed by atoms with Crippen molar-refractivity contribution in [1.82, 2.24) is 20.2 Å². The molecule has 9 heteroatoms. The fourth-order valence-corrected chi connectivity index (χ4v) is 5.28. The molecule has 168 valence electrons. The molecule has 2 atom stereocenters. The van der Waals surface area contributed by atoms with Gasteiger partial charge in [-0.2, -0.15) is 13.2 Å². The molecule has 2 aliphatic rings. The van der Waals surface area contributed by atoms with Gasteiger partial charge in [-0.1, -0.05) is 36.0 Å². The molecule has 1 aromatic heterocycles. The normalized spacial score (nSPS) is 21.8. The molecule has 0 radical (unpaired) electrons. The standard InChI is InChI=1S/C23H23F3N4OS/c24-23(25,26)15-7-5-14(6-8-15)12-30-13-17(11-20(30)21(31)27-16-9-10-16)32-22-28-18-3-1-2-4-19(18)29-22/h1-8,16-17,20H,9-13H2,(H,27,31)(H,28,29)/t17-,20-/m0/s1. The van der Waals surface area contributed by atoms with E-state index in [1.54, 1.807) is 11.8 Å². The van der Waals surface area contributed by atoms with Crippen LogP contribution in [0.25, 0.3) is 11.0 Å². The summed E-state index contributed by atoms with van der Waals surface area (Å²) in [5.74, 6) is 0.00659. The highest BCUT2D eigenvalue weighted by Crippen LogP contribution is 2.35. The fraction of sp³-hybridized carbons (Fsp3) is 0.391. The number of likely N-dealkylation sites (tertiary alicyclic amines) is 1. The Morgan fingerprint density at radius 3 is 2.59 bits per heavy atom. The number of nitrogens with one attached hydrogen (secondary N) is 2. The number of aromatic amines is 1. The number of thioether (sulfide) groups is 1. The Morgan fingerprint density at radius 1 is 1.16 bits per heavy atom. The van der Waals surface area contributed by atoms with E-state index in [4.69, 9.17) is 0 Å². The molecule has 1 aliphatic heterocycles. The Hall–Kier alpha value is -2.52. The van der Waals surface area contributed by atoms with Gasteiger partial charge in [-0.15, -0.1) is 0 Å². The van der Waals surface area contributed by atoms with Gasteiger partial charge in [0.15, 0.2) is 5.16 Å². The number of hydrogen-bond donors (Lipinski definition) is 2. The number of halogens is 3. The molecule has 32 heavy (non-hydrogen) atoms. The molecule has 2 N–H and O–H groups in total. The number of carbonyl (C=O) groups excluding carboxylic acids is 1. The summed E-state index contributed by atoms with van der Waals surface area (Å²) in [6.45, 7) is 1.09. The van der Waals surface area contributed by atoms with Gasteiger partial charge in [0, 0.05) is 24.4 Å². The number of imidazole rings is 1. The molecule has 1 saturated heterocycles. The Labute approximate surface area is 187 Å². The number of carbonyl (C=O) groups is 1. The minimum atomic E-state index is -4.35. The van der Waals surface area contributed by atoms with Crippen LogP contribution in [0.5, 0.6) is 0 Å². The summed E-state index contributed by atoms with van der Waals surface area (Å²) in [4.78, 5) is 22.9. The number of benzene rings is 2. The first-order valence-corrected chi connectivity index (χ1v) is 11.5. The maximum Gasteiger partial charge on any atom is 0.416 e. The number of aromatic nitrogens is 2. The number of rotatable bonds is 6. The number of amides is 1. The zero-order valence-electron chi connectivity index (χ0n) is 17.2. The first kappa shape index (κ1) is 21.3. The van der Waals surface area contributed by atoms with E-state index in [1.165, 1.54) is 12.1 Å². The van der Waals surface area contributed by atoms with Gasteiger partial charge in [0.25, 0.3) is 0 Å². The van der Waals surface area contributed by atoms with E-state index in [1.807, 2.05) is 24.3 Å². The SMILES string of the molecule is O=C(NC1CC1)[C@@H]1C[C@H](Sc2nc3ccccc3[nH]2)CN1Cc1ccc(C(F)(F)F)cc1. The number of para-hydroxylation sites is 2. The summed E-state index contributed by atoms with van der Waals surface area (Å²) >= 11 is 1.62. The molecule has 5 nitrogen and oxygen atoms in total. The predicted octanol–water partition coefficient (Wildman–Crippen LogP) is 4.60. The van der Waals surface area contributed by atoms with Crippen LogP contribution in [0.3, 0.4) is 0 Å². The van der Waals surface area contributed by atoms with E-state index in [-0.39, 0.29) is 23.2 Å². The minimum Gasteiger partial charge on any atom is -0.352 e. The van der Waals surface area contributed by atoms with Crippen molar-refractivity contribution in [3.05, 3.63) is 59.7 Å². The van der Waals surface area contributed by atoms with Gasteiger partial charge < -0.3 is 10.3 Å². The van der Waals surface area contributed by atoms with Gasteiger partial charge in [0.2, 0.25) is 5.91 Å². The lowest BCUT2D eigenvalue weighted by Crippen LogP contribution is -2.43. The molecule has 3 aromatic rings. The molecular weight excluding hydrogens is 437 g/mol. The predicted molar refractivity (Wildman–Crippen MR) is 117 cm³/mol. The van der Waals surface area contributed by atoms with Crippen LogP contribution in [0.1, 0.15) is 30.4 Å². The molecule has 1 aliphatic carbocycles. The summed E-state index contributed by atoms with van der Waals surface area (Å²) in [6.07, 6.45) is -1.67. The molecule has 2 fully saturated rings. The van der Waals surface area contributed by atoms with Crippen molar-refractivity contribution in [2.24, 2.45) is 0 Å². The molecule has 1 saturated carbocycles. The highest BCUT2D eigenvalue weighted by Gasteiger charge is 2.39. The van der Waals surface area contributed by atoms with Crippen LogP contribution in [0.4, 0.5) is 13.2 Å². The Bertz CT molecular complexity index is 1080. The van der Waals surface area contributed by atoms with Crippen molar-refractivity contribution in [2.75, 3.05) is 6.54 Å². The van der Waals surface area contributed by atoms with E-state index in [0.29, 0.717) is 19.5 Å². The molecule has 2 aromatic carbocycles. The van der Waals surface area contributed by atoms with Crippen molar-refractivity contribution in [3.63, 3.8) is 0 Å². The van der Waals surface area contributed by atoms with Crippen LogP contribution in [0.2, 0.25) is 0 Å². The van der Waals surface area contributed by atoms with E-state index >= 15 is 0 Å². The second-order valence-corrected chi connectivity index (χ2v) is 9.75. The minimum absolute atomic E-state index is 0.00659. The third kappa shape index (κ3) is 4.78. The first-order chi connectivity index (χ1) is 15.3. The summed E-state index contributed by atoms with van der Waals surface area (Å²) in [7, 11) is 0. The Morgan fingerprint density at radius 2 is 1.91 bits per heavy atom. The number of alkyl halides is 3. The van der Waals surface area contributed by atoms with Crippen molar-refractivity contribution in [2.45, 2.75) is 54.5 Å². The zero-order chi connectivity index (χ0) is 22.3. The highest BCUT2D eigenvalue weighted by atomic mass is 32.2. The van der Waals surface area contributed by atoms with E-state index < -0.39 is 11.7 Å². The lowest BCUT2D eigenvalue weighted by atomic mass is 10.1. The van der Waals surface area contributed by atoms with Crippen LogP contribution in [-0.2, 0) is 17.5 Å². The quantitative estimate of drug-likeness (QED) is 0.565. The van der Waals surface area contributed by atoms with E-state index in [2.05, 4.69) is 20.2 Å². The lowest BCUT2D eigenvalue weighted by molar-refractivity contribution is -0.137. The molecule has 0 spiro atoms.